The average Bonchev–Trinajstić information content (AvgIpc) is 2.84. The molecular weight excluding hydrogens is 556 g/mol. The van der Waals surface area contributed by atoms with Gasteiger partial charge in [0.1, 0.15) is 4.90 Å². The number of nitrogens with two attached hydrogens (primary N) is 2. The molecule has 0 radical (unpaired) electrons. The predicted molar refractivity (Wildman–Crippen MR) is 150 cm³/mol. The van der Waals surface area contributed by atoms with E-state index in [0.717, 1.165) is 11.1 Å². The summed E-state index contributed by atoms with van der Waals surface area (Å²) in [5.74, 6) is 9.96. The van der Waals surface area contributed by atoms with Crippen molar-refractivity contribution < 1.29 is 30.3 Å². The smallest absolute Gasteiger partial charge is 0.282 e. The van der Waals surface area contributed by atoms with E-state index in [1.807, 2.05) is 13.8 Å². The zero-order chi connectivity index (χ0) is 30.5. The lowest BCUT2D eigenvalue weighted by Gasteiger charge is -2.09. The number of hydrogen-bond donors (Lipinski definition) is 3. The van der Waals surface area contributed by atoms with Crippen molar-refractivity contribution >= 4 is 20.2 Å². The molecule has 0 saturated heterocycles. The Bertz CT molecular complexity index is 1510. The molecule has 40 heavy (non-hydrogen) atoms. The quantitative estimate of drug-likeness (QED) is 0.137. The minimum Gasteiger partial charge on any atom is -0.282 e. The van der Waals surface area contributed by atoms with Gasteiger partial charge in [-0.2, -0.15) is 27.0 Å². The minimum atomic E-state index is -4.08. The lowest BCUT2D eigenvalue weighted by molar-refractivity contribution is -0.639. The molecule has 2 heterocycles. The van der Waals surface area contributed by atoms with Crippen molar-refractivity contribution in [2.45, 2.75) is 51.3 Å². The molecule has 0 fully saturated rings. The van der Waals surface area contributed by atoms with Gasteiger partial charge >= 0.3 is 10.1 Å². The molecule has 0 atom stereocenters. The second-order valence-electron chi connectivity index (χ2n) is 8.57. The van der Waals surface area contributed by atoms with Gasteiger partial charge < -0.3 is 0 Å². The topological polar surface area (TPSA) is 192 Å². The first kappa shape index (κ1) is 34.2. The van der Waals surface area contributed by atoms with E-state index in [2.05, 4.69) is 19.2 Å². The molecule has 0 aliphatic heterocycles. The number of rotatable bonds is 3. The van der Waals surface area contributed by atoms with Crippen LogP contribution in [-0.2, 0) is 24.5 Å². The molecule has 4 aromatic rings. The molecule has 0 unspecified atom stereocenters. The van der Waals surface area contributed by atoms with E-state index < -0.39 is 20.2 Å². The molecular formula is C26H35N6O6S2+. The highest BCUT2D eigenvalue weighted by Gasteiger charge is 2.19. The van der Waals surface area contributed by atoms with Crippen LogP contribution in [0, 0.1) is 41.5 Å². The van der Waals surface area contributed by atoms with Crippen LogP contribution in [0.25, 0.3) is 0 Å². The van der Waals surface area contributed by atoms with Gasteiger partial charge in [-0.25, -0.2) is 5.84 Å². The number of nitrogens with zero attached hydrogens (tertiary/aromatic N) is 4. The maximum absolute atomic E-state index is 11.4. The zero-order valence-electron chi connectivity index (χ0n) is 23.2. The van der Waals surface area contributed by atoms with Crippen LogP contribution in [0.5, 0.6) is 0 Å². The molecule has 2 aromatic heterocycles. The van der Waals surface area contributed by atoms with E-state index in [9.17, 15) is 16.8 Å². The Kier molecular flexibility index (Phi) is 13.4. The van der Waals surface area contributed by atoms with E-state index in [0.29, 0.717) is 22.3 Å². The van der Waals surface area contributed by atoms with E-state index in [1.54, 1.807) is 102 Å². The fourth-order valence-corrected chi connectivity index (χ4v) is 5.70. The molecule has 14 heteroatoms. The third-order valence-corrected chi connectivity index (χ3v) is 7.53. The first-order valence-corrected chi connectivity index (χ1v) is 14.5. The summed E-state index contributed by atoms with van der Waals surface area (Å²) in [5, 5.41) is 0. The Labute approximate surface area is 235 Å². The minimum absolute atomic E-state index is 0.0260. The van der Waals surface area contributed by atoms with Crippen molar-refractivity contribution in [2.75, 3.05) is 5.84 Å². The lowest BCUT2D eigenvalue weighted by atomic mass is 10.1. The predicted octanol–water partition coefficient (Wildman–Crippen LogP) is 2.61. The van der Waals surface area contributed by atoms with Gasteiger partial charge in [0.15, 0.2) is 0 Å². The standard InChI is InChI=1S/C9H13NO3S.C9H12O3S.C4H6N3.C4H4N2/c1-6-4-7(2)9(8(3)5-6)14(11,12)13-10;1-6-4-7(2)9(8(3)5-6)13(10,11)12;5-7-3-1-6-2-4-7;1-2-6-4-3-5-1/h4-5H,10H2,1-3H3;4-5H,1-3H3,(H,10,11,12);1-4H,(H2,5,6);1-4H/q;;+1;. The molecule has 0 saturated carbocycles. The van der Waals surface area contributed by atoms with Crippen LogP contribution in [0.2, 0.25) is 0 Å². The van der Waals surface area contributed by atoms with Crippen molar-refractivity contribution in [3.8, 4) is 0 Å². The molecule has 0 aliphatic carbocycles. The van der Waals surface area contributed by atoms with E-state index >= 15 is 0 Å². The Hall–Kier alpha value is -3.82. The van der Waals surface area contributed by atoms with Crippen molar-refractivity contribution in [3.05, 3.63) is 107 Å². The van der Waals surface area contributed by atoms with Gasteiger partial charge in [-0.1, -0.05) is 40.1 Å². The summed E-state index contributed by atoms with van der Waals surface area (Å²) < 4.78 is 59.0. The first-order chi connectivity index (χ1) is 18.6. The van der Waals surface area contributed by atoms with E-state index in [4.69, 9.17) is 16.3 Å². The number of nitrogen functional groups attached to an aromatic ring is 1. The van der Waals surface area contributed by atoms with Gasteiger partial charge in [-0.15, -0.1) is 0 Å². The van der Waals surface area contributed by atoms with Crippen LogP contribution in [0.1, 0.15) is 33.4 Å². The van der Waals surface area contributed by atoms with Gasteiger partial charge in [0.2, 0.25) is 12.4 Å². The van der Waals surface area contributed by atoms with Crippen LogP contribution in [0.15, 0.2) is 83.6 Å². The Morgan fingerprint density at radius 3 is 1.23 bits per heavy atom. The second-order valence-corrected chi connectivity index (χ2v) is 11.4. The molecule has 0 amide bonds. The highest BCUT2D eigenvalue weighted by Crippen LogP contribution is 2.22. The van der Waals surface area contributed by atoms with Crippen LogP contribution in [0.3, 0.4) is 0 Å². The maximum atomic E-state index is 11.4. The van der Waals surface area contributed by atoms with Gasteiger partial charge in [-0.3, -0.25) is 19.5 Å². The van der Waals surface area contributed by atoms with Crippen molar-refractivity contribution in [1.29, 1.82) is 0 Å². The molecule has 216 valence electrons. The number of hydrogen-bond acceptors (Lipinski definition) is 10. The Morgan fingerprint density at radius 1 is 0.650 bits per heavy atom. The third-order valence-electron chi connectivity index (χ3n) is 4.97. The summed E-state index contributed by atoms with van der Waals surface area (Å²) in [6.07, 6.45) is 13.1. The number of aromatic nitrogens is 4. The summed E-state index contributed by atoms with van der Waals surface area (Å²) in [5.41, 5.74) is 4.46. The zero-order valence-corrected chi connectivity index (χ0v) is 24.8. The monoisotopic (exact) mass is 591 g/mol. The number of benzene rings is 2. The summed E-state index contributed by atoms with van der Waals surface area (Å²) in [6.45, 7) is 10.6. The highest BCUT2D eigenvalue weighted by molar-refractivity contribution is 7.86. The molecule has 2 aromatic carbocycles. The van der Waals surface area contributed by atoms with Gasteiger partial charge in [0.05, 0.1) is 17.3 Å². The molecule has 5 N–H and O–H groups in total. The largest absolute Gasteiger partial charge is 0.313 e. The molecule has 0 aliphatic rings. The summed E-state index contributed by atoms with van der Waals surface area (Å²) in [6, 6.07) is 7.02. The molecule has 12 nitrogen and oxygen atoms in total. The lowest BCUT2D eigenvalue weighted by Crippen LogP contribution is -2.43. The van der Waals surface area contributed by atoms with Crippen LogP contribution in [0.4, 0.5) is 0 Å². The Balaban J connectivity index is 0.000000282. The fraction of sp³-hybridized carbons (Fsp3) is 0.231. The van der Waals surface area contributed by atoms with Crippen LogP contribution < -0.4 is 16.4 Å². The van der Waals surface area contributed by atoms with Gasteiger partial charge in [-0.05, 0) is 63.8 Å². The SMILES string of the molecule is Cc1cc(C)c(S(=O)(=O)O)c(C)c1.Cc1cc(C)c(S(=O)(=O)ON)c(C)c1.N[n+]1ccncc1.c1cnccn1. The van der Waals surface area contributed by atoms with Crippen LogP contribution in [-0.4, -0.2) is 36.3 Å². The van der Waals surface area contributed by atoms with Gasteiger partial charge in [0.25, 0.3) is 10.1 Å². The number of aryl methyl sites for hydroxylation is 6. The second kappa shape index (κ2) is 15.7. The maximum Gasteiger partial charge on any atom is 0.313 e. The average molecular weight is 592 g/mol. The third kappa shape index (κ3) is 11.5. The summed E-state index contributed by atoms with van der Waals surface area (Å²) in [4.78, 5) is 11.4. The molecule has 4 rings (SSSR count). The summed E-state index contributed by atoms with van der Waals surface area (Å²) in [7, 11) is -7.88. The summed E-state index contributed by atoms with van der Waals surface area (Å²) >= 11 is 0. The van der Waals surface area contributed by atoms with Gasteiger partial charge in [0, 0.05) is 24.8 Å². The first-order valence-electron chi connectivity index (χ1n) is 11.6. The van der Waals surface area contributed by atoms with Crippen molar-refractivity contribution in [2.24, 2.45) is 5.90 Å². The highest BCUT2D eigenvalue weighted by atomic mass is 32.2. The fourth-order valence-electron chi connectivity index (χ4n) is 3.77. The molecule has 0 spiro atoms. The normalized spacial score (nSPS) is 10.6. The van der Waals surface area contributed by atoms with Crippen molar-refractivity contribution in [1.82, 2.24) is 15.0 Å². The van der Waals surface area contributed by atoms with E-state index in [1.165, 1.54) is 4.68 Å². The molecule has 0 bridgehead atoms. The Morgan fingerprint density at radius 2 is 0.975 bits per heavy atom. The van der Waals surface area contributed by atoms with Crippen LogP contribution >= 0.6 is 0 Å². The van der Waals surface area contributed by atoms with E-state index in [-0.39, 0.29) is 9.79 Å². The van der Waals surface area contributed by atoms with Crippen molar-refractivity contribution in [3.63, 3.8) is 0 Å².